The quantitative estimate of drug-likeness (QED) is 0.745. The van der Waals surface area contributed by atoms with E-state index >= 15 is 0 Å². The Hall–Kier alpha value is -3.34. The van der Waals surface area contributed by atoms with E-state index in [0.29, 0.717) is 16.8 Å². The Bertz CT molecular complexity index is 889. The van der Waals surface area contributed by atoms with Crippen LogP contribution < -0.4 is 5.32 Å². The van der Waals surface area contributed by atoms with Gasteiger partial charge in [-0.2, -0.15) is 0 Å². The van der Waals surface area contributed by atoms with Gasteiger partial charge >= 0.3 is 0 Å². The van der Waals surface area contributed by atoms with Gasteiger partial charge in [-0.1, -0.05) is 30.3 Å². The van der Waals surface area contributed by atoms with Crippen LogP contribution in [0, 0.1) is 0 Å². The molecule has 0 fully saturated rings. The van der Waals surface area contributed by atoms with Crippen molar-refractivity contribution < 1.29 is 14.0 Å². The van der Waals surface area contributed by atoms with Crippen LogP contribution in [-0.4, -0.2) is 23.8 Å². The zero-order valence-electron chi connectivity index (χ0n) is 14.7. The van der Waals surface area contributed by atoms with E-state index in [4.69, 9.17) is 4.42 Å². The largest absolute Gasteiger partial charge is 0.472 e. The molecule has 1 N–H and O–H groups in total. The molecule has 3 aromatic rings. The predicted octanol–water partition coefficient (Wildman–Crippen LogP) is 4.37. The lowest BCUT2D eigenvalue weighted by Gasteiger charge is -2.25. The van der Waals surface area contributed by atoms with Crippen molar-refractivity contribution in [1.29, 1.82) is 0 Å². The molecule has 0 radical (unpaired) electrons. The van der Waals surface area contributed by atoms with Crippen LogP contribution in [0.5, 0.6) is 0 Å². The first kappa shape index (κ1) is 17.5. The van der Waals surface area contributed by atoms with Crippen LogP contribution in [0.25, 0.3) is 0 Å². The highest BCUT2D eigenvalue weighted by Crippen LogP contribution is 2.24. The Morgan fingerprint density at radius 2 is 1.77 bits per heavy atom. The fourth-order valence-electron chi connectivity index (χ4n) is 2.66. The Labute approximate surface area is 152 Å². The Kier molecular flexibility index (Phi) is 5.17. The molecule has 1 aromatic heterocycles. The van der Waals surface area contributed by atoms with E-state index in [0.717, 1.165) is 5.56 Å². The Morgan fingerprint density at radius 1 is 1.00 bits per heavy atom. The summed E-state index contributed by atoms with van der Waals surface area (Å²) in [5.41, 5.74) is 2.72. The maximum Gasteiger partial charge on any atom is 0.257 e. The molecule has 5 nitrogen and oxygen atoms in total. The summed E-state index contributed by atoms with van der Waals surface area (Å²) in [4.78, 5) is 26.4. The van der Waals surface area contributed by atoms with E-state index < -0.39 is 0 Å². The third kappa shape index (κ3) is 3.83. The lowest BCUT2D eigenvalue weighted by atomic mass is 10.1. The van der Waals surface area contributed by atoms with E-state index in [1.54, 1.807) is 30.1 Å². The third-order valence-electron chi connectivity index (χ3n) is 4.33. The zero-order chi connectivity index (χ0) is 18.5. The van der Waals surface area contributed by atoms with E-state index in [-0.39, 0.29) is 17.9 Å². The van der Waals surface area contributed by atoms with Gasteiger partial charge in [-0.3, -0.25) is 9.59 Å². The molecule has 1 atom stereocenters. The standard InChI is InChI=1S/C21H20N2O3/c1-15(23(2)21(25)18-11-12-26-14-18)17-9-6-10-19(13-17)22-20(24)16-7-4-3-5-8-16/h3-15H,1-2H3,(H,22,24)/t15-/m0/s1. The summed E-state index contributed by atoms with van der Waals surface area (Å²) in [7, 11) is 1.75. The van der Waals surface area contributed by atoms with Gasteiger partial charge in [-0.25, -0.2) is 0 Å². The number of anilines is 1. The summed E-state index contributed by atoms with van der Waals surface area (Å²) in [6, 6.07) is 18.0. The molecule has 132 valence electrons. The van der Waals surface area contributed by atoms with Crippen LogP contribution in [0.15, 0.2) is 77.6 Å². The monoisotopic (exact) mass is 348 g/mol. The highest BCUT2D eigenvalue weighted by atomic mass is 16.3. The molecule has 3 rings (SSSR count). The van der Waals surface area contributed by atoms with Gasteiger partial charge in [0.05, 0.1) is 17.9 Å². The first-order chi connectivity index (χ1) is 12.6. The van der Waals surface area contributed by atoms with Gasteiger partial charge in [0, 0.05) is 18.3 Å². The summed E-state index contributed by atoms with van der Waals surface area (Å²) in [5.74, 6) is -0.289. The Balaban J connectivity index is 1.74. The van der Waals surface area contributed by atoms with Crippen molar-refractivity contribution in [2.45, 2.75) is 13.0 Å². The molecule has 0 aliphatic heterocycles. The lowest BCUT2D eigenvalue weighted by molar-refractivity contribution is 0.0741. The molecule has 0 aliphatic rings. The number of nitrogens with one attached hydrogen (secondary N) is 1. The van der Waals surface area contributed by atoms with Crippen molar-refractivity contribution in [2.75, 3.05) is 12.4 Å². The summed E-state index contributed by atoms with van der Waals surface area (Å²) in [5, 5.41) is 2.89. The second-order valence-electron chi connectivity index (χ2n) is 6.05. The molecule has 0 bridgehead atoms. The van der Waals surface area contributed by atoms with Crippen LogP contribution in [0.1, 0.15) is 39.2 Å². The second kappa shape index (κ2) is 7.70. The van der Waals surface area contributed by atoms with Crippen LogP contribution >= 0.6 is 0 Å². The molecule has 0 spiro atoms. The summed E-state index contributed by atoms with van der Waals surface area (Å²) < 4.78 is 4.98. The van der Waals surface area contributed by atoms with E-state index in [1.807, 2.05) is 49.4 Å². The topological polar surface area (TPSA) is 62.6 Å². The number of carbonyl (C=O) groups is 2. The number of nitrogens with zero attached hydrogens (tertiary/aromatic N) is 1. The van der Waals surface area contributed by atoms with Gasteiger partial charge in [0.15, 0.2) is 0 Å². The van der Waals surface area contributed by atoms with Gasteiger partial charge in [-0.15, -0.1) is 0 Å². The number of hydrogen-bond acceptors (Lipinski definition) is 3. The minimum atomic E-state index is -0.168. The molecule has 2 aromatic carbocycles. The van der Waals surface area contributed by atoms with Crippen molar-refractivity contribution >= 4 is 17.5 Å². The minimum Gasteiger partial charge on any atom is -0.472 e. The summed E-state index contributed by atoms with van der Waals surface area (Å²) >= 11 is 0. The van der Waals surface area contributed by atoms with E-state index in [2.05, 4.69) is 5.32 Å². The van der Waals surface area contributed by atoms with Gasteiger partial charge in [0.1, 0.15) is 6.26 Å². The number of furan rings is 1. The second-order valence-corrected chi connectivity index (χ2v) is 6.05. The van der Waals surface area contributed by atoms with Crippen molar-refractivity contribution in [3.63, 3.8) is 0 Å². The van der Waals surface area contributed by atoms with Gasteiger partial charge in [0.25, 0.3) is 11.8 Å². The van der Waals surface area contributed by atoms with Gasteiger partial charge < -0.3 is 14.6 Å². The molecular weight excluding hydrogens is 328 g/mol. The molecule has 0 aliphatic carbocycles. The first-order valence-corrected chi connectivity index (χ1v) is 8.32. The Morgan fingerprint density at radius 3 is 2.46 bits per heavy atom. The number of amides is 2. The molecule has 0 unspecified atom stereocenters. The molecule has 26 heavy (non-hydrogen) atoms. The summed E-state index contributed by atoms with van der Waals surface area (Å²) in [6.45, 7) is 1.94. The fraction of sp³-hybridized carbons (Fsp3) is 0.143. The van der Waals surface area contributed by atoms with Gasteiger partial charge in [-0.05, 0) is 42.8 Å². The minimum absolute atomic E-state index is 0.120. The molecule has 0 saturated heterocycles. The third-order valence-corrected chi connectivity index (χ3v) is 4.33. The average Bonchev–Trinajstić information content (AvgIpc) is 3.22. The van der Waals surface area contributed by atoms with Crippen LogP contribution in [0.4, 0.5) is 5.69 Å². The van der Waals surface area contributed by atoms with Crippen molar-refractivity contribution in [3.05, 3.63) is 89.9 Å². The predicted molar refractivity (Wildman–Crippen MR) is 100 cm³/mol. The molecular formula is C21H20N2O3. The molecule has 2 amide bonds. The smallest absolute Gasteiger partial charge is 0.257 e. The van der Waals surface area contributed by atoms with Crippen molar-refractivity contribution in [3.8, 4) is 0 Å². The van der Waals surface area contributed by atoms with Crippen LogP contribution in [0.2, 0.25) is 0 Å². The van der Waals surface area contributed by atoms with Crippen LogP contribution in [-0.2, 0) is 0 Å². The number of carbonyl (C=O) groups excluding carboxylic acids is 2. The normalized spacial score (nSPS) is 11.6. The maximum atomic E-state index is 12.5. The van der Waals surface area contributed by atoms with Crippen LogP contribution in [0.3, 0.4) is 0 Å². The molecule has 0 saturated carbocycles. The van der Waals surface area contributed by atoms with Gasteiger partial charge in [0.2, 0.25) is 0 Å². The summed E-state index contributed by atoms with van der Waals surface area (Å²) in [6.07, 6.45) is 2.91. The lowest BCUT2D eigenvalue weighted by Crippen LogP contribution is -2.29. The molecule has 1 heterocycles. The SMILES string of the molecule is C[C@@H](c1cccc(NC(=O)c2ccccc2)c1)N(C)C(=O)c1ccoc1. The number of benzene rings is 2. The number of rotatable bonds is 5. The number of hydrogen-bond donors (Lipinski definition) is 1. The highest BCUT2D eigenvalue weighted by Gasteiger charge is 2.20. The van der Waals surface area contributed by atoms with Crippen molar-refractivity contribution in [1.82, 2.24) is 4.90 Å². The maximum absolute atomic E-state index is 12.5. The van der Waals surface area contributed by atoms with Crippen molar-refractivity contribution in [2.24, 2.45) is 0 Å². The first-order valence-electron chi connectivity index (χ1n) is 8.32. The van der Waals surface area contributed by atoms with E-state index in [1.165, 1.54) is 12.5 Å². The van der Waals surface area contributed by atoms with E-state index in [9.17, 15) is 9.59 Å². The molecule has 5 heteroatoms. The highest BCUT2D eigenvalue weighted by molar-refractivity contribution is 6.04. The fourth-order valence-corrected chi connectivity index (χ4v) is 2.66. The average molecular weight is 348 g/mol. The zero-order valence-corrected chi connectivity index (χ0v) is 14.7.